The van der Waals surface area contributed by atoms with Crippen LogP contribution < -0.4 is 10.1 Å². The standard InChI is InChI=1S/C12H13N3O3S/c1-8-14-9(7-19-8)6-13-11-4-3-10(18-2)5-12(11)15(16)17/h3-5,7,13H,6H2,1-2H3. The molecule has 1 N–H and O–H groups in total. The molecule has 0 saturated heterocycles. The van der Waals surface area contributed by atoms with E-state index in [-0.39, 0.29) is 5.69 Å². The molecule has 19 heavy (non-hydrogen) atoms. The number of aromatic nitrogens is 1. The van der Waals surface area contributed by atoms with Crippen molar-refractivity contribution < 1.29 is 9.66 Å². The van der Waals surface area contributed by atoms with Crippen LogP contribution in [0.2, 0.25) is 0 Å². The van der Waals surface area contributed by atoms with Crippen LogP contribution in [-0.4, -0.2) is 17.0 Å². The van der Waals surface area contributed by atoms with Gasteiger partial charge in [-0.3, -0.25) is 10.1 Å². The first-order chi connectivity index (χ1) is 9.10. The summed E-state index contributed by atoms with van der Waals surface area (Å²) in [7, 11) is 1.48. The molecule has 0 aliphatic carbocycles. The number of nitro benzene ring substituents is 1. The smallest absolute Gasteiger partial charge is 0.296 e. The Balaban J connectivity index is 2.17. The highest BCUT2D eigenvalue weighted by Crippen LogP contribution is 2.29. The molecule has 0 aliphatic rings. The van der Waals surface area contributed by atoms with Gasteiger partial charge in [0.25, 0.3) is 5.69 Å². The van der Waals surface area contributed by atoms with Gasteiger partial charge in [-0.1, -0.05) is 0 Å². The third-order valence-corrected chi connectivity index (χ3v) is 3.35. The van der Waals surface area contributed by atoms with Crippen molar-refractivity contribution in [3.05, 3.63) is 44.4 Å². The Hall–Kier alpha value is -2.15. The molecule has 7 heteroatoms. The van der Waals surface area contributed by atoms with E-state index in [1.807, 2.05) is 12.3 Å². The molecule has 0 aliphatic heterocycles. The molecule has 0 bridgehead atoms. The Labute approximate surface area is 114 Å². The Bertz CT molecular complexity index is 598. The number of nitrogens with zero attached hydrogens (tertiary/aromatic N) is 2. The van der Waals surface area contributed by atoms with E-state index < -0.39 is 4.92 Å². The molecule has 2 aromatic rings. The average molecular weight is 279 g/mol. The molecule has 0 saturated carbocycles. The van der Waals surface area contributed by atoms with Gasteiger partial charge >= 0.3 is 0 Å². The second kappa shape index (κ2) is 5.66. The van der Waals surface area contributed by atoms with Gasteiger partial charge in [-0.2, -0.15) is 0 Å². The van der Waals surface area contributed by atoms with E-state index in [4.69, 9.17) is 4.74 Å². The van der Waals surface area contributed by atoms with E-state index in [0.717, 1.165) is 10.7 Å². The average Bonchev–Trinajstić information content (AvgIpc) is 2.82. The Morgan fingerprint density at radius 2 is 2.32 bits per heavy atom. The molecule has 0 atom stereocenters. The first kappa shape index (κ1) is 13.3. The predicted molar refractivity (Wildman–Crippen MR) is 73.8 cm³/mol. The number of nitrogens with one attached hydrogen (secondary N) is 1. The first-order valence-corrected chi connectivity index (χ1v) is 6.45. The van der Waals surface area contributed by atoms with Crippen LogP contribution in [0.4, 0.5) is 11.4 Å². The number of ether oxygens (including phenoxy) is 1. The Kier molecular flexibility index (Phi) is 3.96. The Morgan fingerprint density at radius 3 is 2.89 bits per heavy atom. The van der Waals surface area contributed by atoms with Crippen LogP contribution in [0.1, 0.15) is 10.7 Å². The van der Waals surface area contributed by atoms with Crippen LogP contribution in [0.5, 0.6) is 5.75 Å². The number of hydrogen-bond acceptors (Lipinski definition) is 6. The second-order valence-corrected chi connectivity index (χ2v) is 4.91. The lowest BCUT2D eigenvalue weighted by atomic mass is 10.2. The number of thiazole rings is 1. The fraction of sp³-hybridized carbons (Fsp3) is 0.250. The molecule has 0 spiro atoms. The lowest BCUT2D eigenvalue weighted by Crippen LogP contribution is -2.03. The summed E-state index contributed by atoms with van der Waals surface area (Å²) in [5.74, 6) is 0.460. The zero-order valence-corrected chi connectivity index (χ0v) is 11.4. The topological polar surface area (TPSA) is 77.3 Å². The summed E-state index contributed by atoms with van der Waals surface area (Å²) in [4.78, 5) is 14.9. The monoisotopic (exact) mass is 279 g/mol. The number of benzene rings is 1. The van der Waals surface area contributed by atoms with Crippen LogP contribution in [0, 0.1) is 17.0 Å². The summed E-state index contributed by atoms with van der Waals surface area (Å²) in [5.41, 5.74) is 1.32. The minimum atomic E-state index is -0.433. The largest absolute Gasteiger partial charge is 0.496 e. The minimum Gasteiger partial charge on any atom is -0.496 e. The quantitative estimate of drug-likeness (QED) is 0.672. The van der Waals surface area contributed by atoms with Gasteiger partial charge in [-0.25, -0.2) is 4.98 Å². The maximum Gasteiger partial charge on any atom is 0.296 e. The lowest BCUT2D eigenvalue weighted by molar-refractivity contribution is -0.384. The summed E-state index contributed by atoms with van der Waals surface area (Å²) < 4.78 is 4.98. The zero-order valence-electron chi connectivity index (χ0n) is 10.5. The maximum absolute atomic E-state index is 11.0. The van der Waals surface area contributed by atoms with Gasteiger partial charge in [0, 0.05) is 5.38 Å². The number of aryl methyl sites for hydroxylation is 1. The summed E-state index contributed by atoms with van der Waals surface area (Å²) >= 11 is 1.55. The van der Waals surface area contributed by atoms with Crippen molar-refractivity contribution in [1.82, 2.24) is 4.98 Å². The third-order valence-electron chi connectivity index (χ3n) is 2.53. The molecule has 2 rings (SSSR count). The SMILES string of the molecule is COc1ccc(NCc2csc(C)n2)c([N+](=O)[O-])c1. The highest BCUT2D eigenvalue weighted by Gasteiger charge is 2.15. The molecular weight excluding hydrogens is 266 g/mol. The first-order valence-electron chi connectivity index (χ1n) is 5.57. The van der Waals surface area contributed by atoms with Crippen molar-refractivity contribution in [1.29, 1.82) is 0 Å². The molecule has 100 valence electrons. The molecule has 1 aromatic heterocycles. The zero-order chi connectivity index (χ0) is 13.8. The number of hydrogen-bond donors (Lipinski definition) is 1. The predicted octanol–water partition coefficient (Wildman–Crippen LogP) is 2.98. The van der Waals surface area contributed by atoms with Gasteiger partial charge in [-0.05, 0) is 19.1 Å². The summed E-state index contributed by atoms with van der Waals surface area (Å²) in [6, 6.07) is 4.71. The van der Waals surface area contributed by atoms with Gasteiger partial charge in [0.1, 0.15) is 11.4 Å². The molecule has 1 aromatic carbocycles. The molecule has 0 amide bonds. The second-order valence-electron chi connectivity index (χ2n) is 3.85. The highest BCUT2D eigenvalue weighted by atomic mass is 32.1. The van der Waals surface area contributed by atoms with Gasteiger partial charge in [-0.15, -0.1) is 11.3 Å². The van der Waals surface area contributed by atoms with E-state index in [9.17, 15) is 10.1 Å². The summed E-state index contributed by atoms with van der Waals surface area (Å²) in [6.45, 7) is 2.38. The van der Waals surface area contributed by atoms with Gasteiger partial charge in [0.15, 0.2) is 0 Å². The molecule has 0 radical (unpaired) electrons. The van der Waals surface area contributed by atoms with E-state index in [2.05, 4.69) is 10.3 Å². The van der Waals surface area contributed by atoms with E-state index >= 15 is 0 Å². The maximum atomic E-state index is 11.0. The van der Waals surface area contributed by atoms with E-state index in [1.54, 1.807) is 23.5 Å². The fourth-order valence-electron chi connectivity index (χ4n) is 1.61. The van der Waals surface area contributed by atoms with Crippen LogP contribution in [0.25, 0.3) is 0 Å². The molecule has 6 nitrogen and oxygen atoms in total. The Morgan fingerprint density at radius 1 is 1.53 bits per heavy atom. The number of rotatable bonds is 5. The van der Waals surface area contributed by atoms with E-state index in [1.165, 1.54) is 13.2 Å². The van der Waals surface area contributed by atoms with Gasteiger partial charge in [0.05, 0.1) is 35.3 Å². The molecule has 0 fully saturated rings. The lowest BCUT2D eigenvalue weighted by Gasteiger charge is -2.07. The molecular formula is C12H13N3O3S. The van der Waals surface area contributed by atoms with Crippen molar-refractivity contribution in [2.75, 3.05) is 12.4 Å². The third kappa shape index (κ3) is 3.19. The van der Waals surface area contributed by atoms with Crippen LogP contribution in [0.3, 0.4) is 0 Å². The number of methoxy groups -OCH3 is 1. The van der Waals surface area contributed by atoms with Crippen LogP contribution >= 0.6 is 11.3 Å². The fourth-order valence-corrected chi connectivity index (χ4v) is 2.23. The van der Waals surface area contributed by atoms with Crippen molar-refractivity contribution in [3.8, 4) is 5.75 Å². The molecule has 1 heterocycles. The van der Waals surface area contributed by atoms with Crippen molar-refractivity contribution >= 4 is 22.7 Å². The number of nitro groups is 1. The minimum absolute atomic E-state index is 0.00805. The van der Waals surface area contributed by atoms with Crippen molar-refractivity contribution in [2.24, 2.45) is 0 Å². The molecule has 0 unspecified atom stereocenters. The normalized spacial score (nSPS) is 10.2. The van der Waals surface area contributed by atoms with Crippen molar-refractivity contribution in [3.63, 3.8) is 0 Å². The number of anilines is 1. The van der Waals surface area contributed by atoms with Gasteiger partial charge < -0.3 is 10.1 Å². The van der Waals surface area contributed by atoms with Gasteiger partial charge in [0.2, 0.25) is 0 Å². The highest BCUT2D eigenvalue weighted by molar-refractivity contribution is 7.09. The van der Waals surface area contributed by atoms with Crippen LogP contribution in [0.15, 0.2) is 23.6 Å². The van der Waals surface area contributed by atoms with E-state index in [0.29, 0.717) is 18.0 Å². The summed E-state index contributed by atoms with van der Waals surface area (Å²) in [6.07, 6.45) is 0. The van der Waals surface area contributed by atoms with Crippen LogP contribution in [-0.2, 0) is 6.54 Å². The summed E-state index contributed by atoms with van der Waals surface area (Å²) in [5, 5.41) is 16.9. The van der Waals surface area contributed by atoms with Crippen molar-refractivity contribution in [2.45, 2.75) is 13.5 Å².